The summed E-state index contributed by atoms with van der Waals surface area (Å²) in [5.41, 5.74) is 8.01. The molecule has 3 N–H and O–H groups in total. The number of hydrogen-bond donors (Lipinski definition) is 2. The van der Waals surface area contributed by atoms with Gasteiger partial charge in [0.05, 0.1) is 5.92 Å². The van der Waals surface area contributed by atoms with Gasteiger partial charge in [-0.05, 0) is 31.4 Å². The van der Waals surface area contributed by atoms with Crippen molar-refractivity contribution >= 4 is 42.3 Å². The standard InChI is InChI=1S/C16H20N4O3.2ClH/c1-10-3-2-6-19-9-13(18-14(10)19)15(21)20-7-11(16(22)23)4-5-12(17)8-20;;/h2-3,6,9,11-12H,4-5,7-8,17H2,1H3,(H,22,23);2*1H/t11-,12+;;/m0../s1. The maximum absolute atomic E-state index is 12.7. The van der Waals surface area contributed by atoms with Crippen molar-refractivity contribution < 1.29 is 14.7 Å². The predicted octanol–water partition coefficient (Wildman–Crippen LogP) is 1.75. The summed E-state index contributed by atoms with van der Waals surface area (Å²) in [6.45, 7) is 2.46. The number of halogens is 2. The Labute approximate surface area is 158 Å². The number of hydrogen-bond acceptors (Lipinski definition) is 4. The van der Waals surface area contributed by atoms with Gasteiger partial charge in [0.1, 0.15) is 11.3 Å². The van der Waals surface area contributed by atoms with Crippen LogP contribution in [0.2, 0.25) is 0 Å². The molecule has 9 heteroatoms. The SMILES string of the molecule is Cc1cccn2cc(C(=O)N3C[C@H](N)CC[C@H](C(=O)O)C3)nc12.Cl.Cl. The Morgan fingerprint density at radius 3 is 2.64 bits per heavy atom. The molecular weight excluding hydrogens is 367 g/mol. The van der Waals surface area contributed by atoms with Gasteiger partial charge in [0, 0.05) is 31.5 Å². The molecule has 2 aromatic heterocycles. The fourth-order valence-electron chi connectivity index (χ4n) is 3.01. The van der Waals surface area contributed by atoms with Crippen molar-refractivity contribution in [3.63, 3.8) is 0 Å². The summed E-state index contributed by atoms with van der Waals surface area (Å²) in [4.78, 5) is 30.0. The molecule has 1 fully saturated rings. The van der Waals surface area contributed by atoms with Crippen molar-refractivity contribution in [3.8, 4) is 0 Å². The quantitative estimate of drug-likeness (QED) is 0.815. The van der Waals surface area contributed by atoms with E-state index in [1.54, 1.807) is 10.6 Å². The first-order chi connectivity index (χ1) is 11.0. The highest BCUT2D eigenvalue weighted by molar-refractivity contribution is 5.93. The second kappa shape index (κ2) is 8.51. The Hall–Kier alpha value is -1.83. The molecule has 0 bridgehead atoms. The fraction of sp³-hybridized carbons (Fsp3) is 0.438. The first-order valence-electron chi connectivity index (χ1n) is 7.67. The van der Waals surface area contributed by atoms with Crippen molar-refractivity contribution in [1.29, 1.82) is 0 Å². The number of imidazole rings is 1. The monoisotopic (exact) mass is 388 g/mol. The van der Waals surface area contributed by atoms with E-state index >= 15 is 0 Å². The van der Waals surface area contributed by atoms with Gasteiger partial charge in [0.2, 0.25) is 0 Å². The van der Waals surface area contributed by atoms with Gasteiger partial charge in [-0.25, -0.2) is 4.98 Å². The van der Waals surface area contributed by atoms with E-state index < -0.39 is 11.9 Å². The molecule has 138 valence electrons. The molecule has 3 rings (SSSR count). The Kier molecular flexibility index (Phi) is 7.22. The largest absolute Gasteiger partial charge is 0.481 e. The molecule has 0 aromatic carbocycles. The number of fused-ring (bicyclic) bond motifs is 1. The van der Waals surface area contributed by atoms with Crippen molar-refractivity contribution in [2.24, 2.45) is 11.7 Å². The van der Waals surface area contributed by atoms with E-state index in [1.165, 1.54) is 4.90 Å². The molecule has 1 saturated heterocycles. The lowest BCUT2D eigenvalue weighted by atomic mass is 10.0. The topological polar surface area (TPSA) is 101 Å². The van der Waals surface area contributed by atoms with E-state index in [0.717, 1.165) is 11.2 Å². The number of carbonyl (C=O) groups excluding carboxylic acids is 1. The molecule has 0 radical (unpaired) electrons. The third-order valence-electron chi connectivity index (χ3n) is 4.32. The number of amides is 1. The van der Waals surface area contributed by atoms with E-state index in [0.29, 0.717) is 25.1 Å². The number of carboxylic acids is 1. The Balaban J connectivity index is 0.00000156. The molecule has 1 aliphatic heterocycles. The number of aryl methyl sites for hydroxylation is 1. The van der Waals surface area contributed by atoms with Gasteiger partial charge in [-0.2, -0.15) is 0 Å². The summed E-state index contributed by atoms with van der Waals surface area (Å²) in [5, 5.41) is 9.27. The van der Waals surface area contributed by atoms with E-state index in [-0.39, 0.29) is 43.3 Å². The summed E-state index contributed by atoms with van der Waals surface area (Å²) in [7, 11) is 0. The summed E-state index contributed by atoms with van der Waals surface area (Å²) < 4.78 is 1.80. The number of carboxylic acid groups (broad SMARTS) is 1. The normalized spacial score (nSPS) is 20.3. The lowest BCUT2D eigenvalue weighted by molar-refractivity contribution is -0.142. The number of aromatic nitrogens is 2. The minimum Gasteiger partial charge on any atom is -0.481 e. The lowest BCUT2D eigenvalue weighted by Gasteiger charge is -2.23. The number of nitrogens with two attached hydrogens (primary N) is 1. The van der Waals surface area contributed by atoms with Crippen molar-refractivity contribution in [3.05, 3.63) is 35.8 Å². The Morgan fingerprint density at radius 2 is 2.00 bits per heavy atom. The molecule has 3 heterocycles. The minimum atomic E-state index is -0.886. The van der Waals surface area contributed by atoms with Crippen LogP contribution < -0.4 is 5.73 Å². The summed E-state index contributed by atoms with van der Waals surface area (Å²) in [6.07, 6.45) is 4.60. The lowest BCUT2D eigenvalue weighted by Crippen LogP contribution is -2.41. The third kappa shape index (κ3) is 4.42. The van der Waals surface area contributed by atoms with Crippen LogP contribution in [-0.2, 0) is 4.79 Å². The summed E-state index contributed by atoms with van der Waals surface area (Å²) in [6, 6.07) is 3.61. The van der Waals surface area contributed by atoms with E-state index in [1.807, 2.05) is 25.3 Å². The number of nitrogens with zero attached hydrogens (tertiary/aromatic N) is 3. The van der Waals surface area contributed by atoms with Gasteiger partial charge in [-0.3, -0.25) is 9.59 Å². The van der Waals surface area contributed by atoms with Crippen LogP contribution >= 0.6 is 24.8 Å². The van der Waals surface area contributed by atoms with Crippen molar-refractivity contribution in [2.45, 2.75) is 25.8 Å². The molecule has 0 spiro atoms. The van der Waals surface area contributed by atoms with Gasteiger partial charge in [-0.15, -0.1) is 24.8 Å². The number of likely N-dealkylation sites (tertiary alicyclic amines) is 1. The first kappa shape index (κ1) is 21.2. The predicted molar refractivity (Wildman–Crippen MR) is 98.7 cm³/mol. The van der Waals surface area contributed by atoms with E-state index in [4.69, 9.17) is 5.73 Å². The third-order valence-corrected chi connectivity index (χ3v) is 4.32. The number of pyridine rings is 1. The van der Waals surface area contributed by atoms with Crippen LogP contribution in [0, 0.1) is 12.8 Å². The zero-order valence-electron chi connectivity index (χ0n) is 13.8. The molecule has 0 saturated carbocycles. The fourth-order valence-corrected chi connectivity index (χ4v) is 3.01. The second-order valence-corrected chi connectivity index (χ2v) is 6.13. The van der Waals surface area contributed by atoms with Crippen LogP contribution in [-0.4, -0.2) is 50.4 Å². The Bertz CT molecular complexity index is 765. The van der Waals surface area contributed by atoms with Crippen LogP contribution in [0.25, 0.3) is 5.65 Å². The van der Waals surface area contributed by atoms with Gasteiger partial charge in [0.15, 0.2) is 0 Å². The summed E-state index contributed by atoms with van der Waals surface area (Å²) >= 11 is 0. The highest BCUT2D eigenvalue weighted by atomic mass is 35.5. The van der Waals surface area contributed by atoms with Gasteiger partial charge in [0.25, 0.3) is 5.91 Å². The van der Waals surface area contributed by atoms with Crippen molar-refractivity contribution in [2.75, 3.05) is 13.1 Å². The van der Waals surface area contributed by atoms with Crippen molar-refractivity contribution in [1.82, 2.24) is 14.3 Å². The van der Waals surface area contributed by atoms with E-state index in [2.05, 4.69) is 4.98 Å². The molecule has 0 unspecified atom stereocenters. The van der Waals surface area contributed by atoms with Gasteiger partial charge in [-0.1, -0.05) is 6.07 Å². The number of rotatable bonds is 2. The average Bonchev–Trinajstić information content (AvgIpc) is 2.85. The molecule has 25 heavy (non-hydrogen) atoms. The summed E-state index contributed by atoms with van der Waals surface area (Å²) in [5.74, 6) is -1.73. The number of carbonyl (C=O) groups is 2. The molecule has 0 aliphatic carbocycles. The molecular formula is C16H22Cl2N4O3. The average molecular weight is 389 g/mol. The molecule has 1 aliphatic rings. The first-order valence-corrected chi connectivity index (χ1v) is 7.67. The van der Waals surface area contributed by atoms with Gasteiger partial charge < -0.3 is 20.1 Å². The maximum Gasteiger partial charge on any atom is 0.308 e. The second-order valence-electron chi connectivity index (χ2n) is 6.13. The maximum atomic E-state index is 12.7. The smallest absolute Gasteiger partial charge is 0.308 e. The van der Waals surface area contributed by atoms with Crippen LogP contribution in [0.3, 0.4) is 0 Å². The van der Waals surface area contributed by atoms with Crippen LogP contribution in [0.5, 0.6) is 0 Å². The van der Waals surface area contributed by atoms with Gasteiger partial charge >= 0.3 is 5.97 Å². The highest BCUT2D eigenvalue weighted by Crippen LogP contribution is 2.19. The molecule has 2 aromatic rings. The molecule has 1 amide bonds. The Morgan fingerprint density at radius 1 is 1.28 bits per heavy atom. The van der Waals surface area contributed by atoms with Crippen LogP contribution in [0.4, 0.5) is 0 Å². The number of aliphatic carboxylic acids is 1. The molecule has 2 atom stereocenters. The zero-order valence-corrected chi connectivity index (χ0v) is 15.4. The highest BCUT2D eigenvalue weighted by Gasteiger charge is 2.30. The zero-order chi connectivity index (χ0) is 16.6. The minimum absolute atomic E-state index is 0. The van der Waals surface area contributed by atoms with Crippen LogP contribution in [0.15, 0.2) is 24.5 Å². The van der Waals surface area contributed by atoms with Crippen LogP contribution in [0.1, 0.15) is 28.9 Å². The molecule has 7 nitrogen and oxygen atoms in total. The van der Waals surface area contributed by atoms with E-state index in [9.17, 15) is 14.7 Å².